The molecule has 6 nitrogen and oxygen atoms in total. The number of benzene rings is 3. The van der Waals surface area contributed by atoms with Gasteiger partial charge >= 0.3 is 5.97 Å². The Hall–Kier alpha value is -3.93. The number of carbonyl (C=O) groups excluding carboxylic acids is 3. The van der Waals surface area contributed by atoms with E-state index in [1.165, 1.54) is 0 Å². The van der Waals surface area contributed by atoms with Crippen molar-refractivity contribution in [3.05, 3.63) is 95.6 Å². The van der Waals surface area contributed by atoms with Gasteiger partial charge in [-0.2, -0.15) is 0 Å². The number of rotatable bonds is 8. The van der Waals surface area contributed by atoms with Crippen molar-refractivity contribution in [1.29, 1.82) is 0 Å². The molecule has 0 spiro atoms. The Balaban J connectivity index is 1.32. The molecule has 1 aliphatic rings. The molecule has 3 aromatic rings. The van der Waals surface area contributed by atoms with Crippen LogP contribution in [0, 0.1) is 5.92 Å². The van der Waals surface area contributed by atoms with Gasteiger partial charge in [0, 0.05) is 17.3 Å². The van der Waals surface area contributed by atoms with Crippen LogP contribution in [0.5, 0.6) is 0 Å². The van der Waals surface area contributed by atoms with E-state index in [9.17, 15) is 14.4 Å². The van der Waals surface area contributed by atoms with Crippen LogP contribution in [-0.4, -0.2) is 24.4 Å². The lowest BCUT2D eigenvalue weighted by molar-refractivity contribution is -0.119. The molecule has 0 aliphatic heterocycles. The number of ether oxygens (including phenoxy) is 1. The standard InChI is InChI=1S/C26H24N2O4/c29-24(28-23-12-5-4-9-20(23)15-18-7-2-1-3-8-18)17-32-26(31)21-10-6-11-22(16-21)27-25(30)19-13-14-19/h1-12,16,19H,13-15,17H2,(H,27,30)(H,28,29). The van der Waals surface area contributed by atoms with Gasteiger partial charge in [0.2, 0.25) is 5.91 Å². The molecule has 4 rings (SSSR count). The average Bonchev–Trinajstić information content (AvgIpc) is 3.65. The second-order valence-electron chi connectivity index (χ2n) is 7.79. The summed E-state index contributed by atoms with van der Waals surface area (Å²) in [4.78, 5) is 36.7. The Morgan fingerprint density at radius 1 is 0.844 bits per heavy atom. The third-order valence-electron chi connectivity index (χ3n) is 5.18. The second-order valence-corrected chi connectivity index (χ2v) is 7.79. The predicted molar refractivity (Wildman–Crippen MR) is 122 cm³/mol. The van der Waals surface area contributed by atoms with E-state index in [0.29, 0.717) is 17.8 Å². The molecule has 162 valence electrons. The van der Waals surface area contributed by atoms with Crippen LogP contribution in [-0.2, 0) is 20.7 Å². The van der Waals surface area contributed by atoms with Crippen LogP contribution in [0.15, 0.2) is 78.9 Å². The molecule has 1 fully saturated rings. The van der Waals surface area contributed by atoms with Crippen LogP contribution in [0.4, 0.5) is 11.4 Å². The van der Waals surface area contributed by atoms with Gasteiger partial charge in [-0.15, -0.1) is 0 Å². The summed E-state index contributed by atoms with van der Waals surface area (Å²) >= 11 is 0. The monoisotopic (exact) mass is 428 g/mol. The molecule has 0 saturated heterocycles. The molecular formula is C26H24N2O4. The van der Waals surface area contributed by atoms with E-state index in [-0.39, 0.29) is 17.4 Å². The zero-order valence-corrected chi connectivity index (χ0v) is 17.5. The van der Waals surface area contributed by atoms with Crippen LogP contribution in [0.25, 0.3) is 0 Å². The molecule has 1 saturated carbocycles. The third-order valence-corrected chi connectivity index (χ3v) is 5.18. The van der Waals surface area contributed by atoms with E-state index in [0.717, 1.165) is 24.0 Å². The maximum atomic E-state index is 12.4. The van der Waals surface area contributed by atoms with Gasteiger partial charge in [0.15, 0.2) is 6.61 Å². The summed E-state index contributed by atoms with van der Waals surface area (Å²) < 4.78 is 5.18. The minimum Gasteiger partial charge on any atom is -0.452 e. The Bertz CT molecular complexity index is 1120. The molecule has 6 heteroatoms. The van der Waals surface area contributed by atoms with Gasteiger partial charge in [0.05, 0.1) is 5.56 Å². The minimum atomic E-state index is -0.625. The zero-order valence-electron chi connectivity index (χ0n) is 17.5. The first-order chi connectivity index (χ1) is 15.6. The fraction of sp³-hybridized carbons (Fsp3) is 0.192. The largest absolute Gasteiger partial charge is 0.452 e. The lowest BCUT2D eigenvalue weighted by Gasteiger charge is -2.12. The Kier molecular flexibility index (Phi) is 6.60. The maximum absolute atomic E-state index is 12.4. The molecule has 0 atom stereocenters. The smallest absolute Gasteiger partial charge is 0.338 e. The summed E-state index contributed by atoms with van der Waals surface area (Å²) in [5.74, 6) is -1.01. The number of amides is 2. The predicted octanol–water partition coefficient (Wildman–Crippen LogP) is 4.42. The van der Waals surface area contributed by atoms with Gasteiger partial charge in [0.1, 0.15) is 0 Å². The van der Waals surface area contributed by atoms with Crippen molar-refractivity contribution >= 4 is 29.2 Å². The fourth-order valence-corrected chi connectivity index (χ4v) is 3.33. The minimum absolute atomic E-state index is 0.0379. The van der Waals surface area contributed by atoms with Crippen LogP contribution in [0.1, 0.15) is 34.3 Å². The zero-order chi connectivity index (χ0) is 22.3. The normalized spacial score (nSPS) is 12.6. The molecule has 0 bridgehead atoms. The van der Waals surface area contributed by atoms with Crippen LogP contribution in [0.3, 0.4) is 0 Å². The molecular weight excluding hydrogens is 404 g/mol. The van der Waals surface area contributed by atoms with E-state index in [1.54, 1.807) is 24.3 Å². The number of nitrogens with one attached hydrogen (secondary N) is 2. The summed E-state index contributed by atoms with van der Waals surface area (Å²) in [5, 5.41) is 5.62. The molecule has 3 aromatic carbocycles. The van der Waals surface area contributed by atoms with Gasteiger partial charge in [-0.05, 0) is 54.7 Å². The highest BCUT2D eigenvalue weighted by Gasteiger charge is 2.29. The lowest BCUT2D eigenvalue weighted by Crippen LogP contribution is -2.21. The molecule has 0 radical (unpaired) electrons. The van der Waals surface area contributed by atoms with Crippen molar-refractivity contribution in [1.82, 2.24) is 0 Å². The number of hydrogen-bond donors (Lipinski definition) is 2. The highest BCUT2D eigenvalue weighted by Crippen LogP contribution is 2.30. The Labute approximate surface area is 186 Å². The summed E-state index contributed by atoms with van der Waals surface area (Å²) in [5.41, 5.74) is 3.60. The first-order valence-corrected chi connectivity index (χ1v) is 10.6. The van der Waals surface area contributed by atoms with Crippen molar-refractivity contribution in [2.45, 2.75) is 19.3 Å². The quantitative estimate of drug-likeness (QED) is 0.520. The van der Waals surface area contributed by atoms with Crippen molar-refractivity contribution in [3.8, 4) is 0 Å². The third kappa shape index (κ3) is 5.82. The van der Waals surface area contributed by atoms with Gasteiger partial charge in [-0.25, -0.2) is 4.79 Å². The van der Waals surface area contributed by atoms with Gasteiger partial charge in [-0.1, -0.05) is 54.6 Å². The molecule has 2 N–H and O–H groups in total. The highest BCUT2D eigenvalue weighted by atomic mass is 16.5. The second kappa shape index (κ2) is 9.92. The summed E-state index contributed by atoms with van der Waals surface area (Å²) in [6.45, 7) is -0.406. The summed E-state index contributed by atoms with van der Waals surface area (Å²) in [6.07, 6.45) is 2.48. The SMILES string of the molecule is O=C(COC(=O)c1cccc(NC(=O)C2CC2)c1)Nc1ccccc1Cc1ccccc1. The molecule has 0 unspecified atom stereocenters. The number of carbonyl (C=O) groups is 3. The topological polar surface area (TPSA) is 84.5 Å². The molecule has 0 heterocycles. The maximum Gasteiger partial charge on any atom is 0.338 e. The molecule has 0 aromatic heterocycles. The fourth-order valence-electron chi connectivity index (χ4n) is 3.33. The van der Waals surface area contributed by atoms with Crippen LogP contribution in [0.2, 0.25) is 0 Å². The first-order valence-electron chi connectivity index (χ1n) is 10.6. The number of para-hydroxylation sites is 1. The first kappa shape index (κ1) is 21.3. The summed E-state index contributed by atoms with van der Waals surface area (Å²) in [6, 6.07) is 24.0. The van der Waals surface area contributed by atoms with E-state index >= 15 is 0 Å². The Morgan fingerprint density at radius 3 is 2.38 bits per heavy atom. The molecule has 2 amide bonds. The van der Waals surface area contributed by atoms with E-state index < -0.39 is 18.5 Å². The summed E-state index contributed by atoms with van der Waals surface area (Å²) in [7, 11) is 0. The number of esters is 1. The van der Waals surface area contributed by atoms with Crippen molar-refractivity contribution in [2.75, 3.05) is 17.2 Å². The van der Waals surface area contributed by atoms with Crippen molar-refractivity contribution in [2.24, 2.45) is 5.92 Å². The van der Waals surface area contributed by atoms with E-state index in [1.807, 2.05) is 54.6 Å². The Morgan fingerprint density at radius 2 is 1.59 bits per heavy atom. The lowest BCUT2D eigenvalue weighted by atomic mass is 10.0. The van der Waals surface area contributed by atoms with Gasteiger partial charge in [0.25, 0.3) is 5.91 Å². The average molecular weight is 428 g/mol. The van der Waals surface area contributed by atoms with Crippen LogP contribution >= 0.6 is 0 Å². The van der Waals surface area contributed by atoms with E-state index in [4.69, 9.17) is 4.74 Å². The van der Waals surface area contributed by atoms with E-state index in [2.05, 4.69) is 10.6 Å². The van der Waals surface area contributed by atoms with Gasteiger partial charge < -0.3 is 15.4 Å². The highest BCUT2D eigenvalue weighted by molar-refractivity contribution is 5.98. The van der Waals surface area contributed by atoms with Crippen LogP contribution < -0.4 is 10.6 Å². The molecule has 1 aliphatic carbocycles. The number of anilines is 2. The van der Waals surface area contributed by atoms with Crippen molar-refractivity contribution < 1.29 is 19.1 Å². The van der Waals surface area contributed by atoms with Crippen molar-refractivity contribution in [3.63, 3.8) is 0 Å². The van der Waals surface area contributed by atoms with Gasteiger partial charge in [-0.3, -0.25) is 9.59 Å². The number of hydrogen-bond acceptors (Lipinski definition) is 4. The molecule has 32 heavy (non-hydrogen) atoms.